The topological polar surface area (TPSA) is 67.1 Å². The summed E-state index contributed by atoms with van der Waals surface area (Å²) in [5, 5.41) is 10.9. The molecule has 0 saturated heterocycles. The summed E-state index contributed by atoms with van der Waals surface area (Å²) in [5.74, 6) is 1.67. The Morgan fingerprint density at radius 2 is 2.16 bits per heavy atom. The van der Waals surface area contributed by atoms with E-state index in [4.69, 9.17) is 0 Å². The van der Waals surface area contributed by atoms with Crippen LogP contribution in [0.15, 0.2) is 40.1 Å². The van der Waals surface area contributed by atoms with Crippen molar-refractivity contribution in [3.8, 4) is 0 Å². The molecule has 1 aromatic carbocycles. The van der Waals surface area contributed by atoms with Crippen molar-refractivity contribution >= 4 is 45.9 Å². The fourth-order valence-electron chi connectivity index (χ4n) is 3.11. The van der Waals surface area contributed by atoms with Gasteiger partial charge in [0.25, 0.3) is 0 Å². The third kappa shape index (κ3) is 4.72. The van der Waals surface area contributed by atoms with Crippen LogP contribution < -0.4 is 10.6 Å². The van der Waals surface area contributed by atoms with Crippen LogP contribution in [0.4, 0.5) is 0 Å². The lowest BCUT2D eigenvalue weighted by molar-refractivity contribution is 0.243. The lowest BCUT2D eigenvalue weighted by Crippen LogP contribution is -2.48. The van der Waals surface area contributed by atoms with Crippen molar-refractivity contribution in [2.75, 3.05) is 13.6 Å². The van der Waals surface area contributed by atoms with Crippen LogP contribution in [0.2, 0.25) is 0 Å². The van der Waals surface area contributed by atoms with Crippen LogP contribution in [-0.2, 0) is 19.0 Å². The van der Waals surface area contributed by atoms with Crippen LogP contribution in [0.5, 0.6) is 0 Å². The molecule has 1 aliphatic rings. The van der Waals surface area contributed by atoms with Gasteiger partial charge in [0.05, 0.1) is 6.54 Å². The van der Waals surface area contributed by atoms with Crippen molar-refractivity contribution in [1.82, 2.24) is 25.4 Å². The van der Waals surface area contributed by atoms with Crippen molar-refractivity contribution < 1.29 is 0 Å². The van der Waals surface area contributed by atoms with Crippen LogP contribution in [0.3, 0.4) is 0 Å². The number of benzene rings is 1. The van der Waals surface area contributed by atoms with E-state index in [1.165, 1.54) is 24.8 Å². The van der Waals surface area contributed by atoms with Gasteiger partial charge in [0, 0.05) is 30.5 Å². The van der Waals surface area contributed by atoms with Gasteiger partial charge in [-0.25, -0.2) is 4.98 Å². The molecule has 136 valence electrons. The maximum atomic E-state index is 4.32. The molecular formula is C17H24BrIN6. The summed E-state index contributed by atoms with van der Waals surface area (Å²) in [6, 6.07) is 8.64. The number of aryl methyl sites for hydroxylation is 1. The van der Waals surface area contributed by atoms with E-state index in [-0.39, 0.29) is 29.4 Å². The Hall–Kier alpha value is -1.16. The number of nitrogens with zero attached hydrogens (tertiary/aromatic N) is 4. The third-order valence-corrected chi connectivity index (χ3v) is 5.28. The lowest BCUT2D eigenvalue weighted by atomic mass is 9.64. The molecule has 0 radical (unpaired) electrons. The minimum atomic E-state index is 0. The van der Waals surface area contributed by atoms with Gasteiger partial charge in [0.1, 0.15) is 12.2 Å². The van der Waals surface area contributed by atoms with E-state index in [0.29, 0.717) is 6.54 Å². The number of hydrogen-bond acceptors (Lipinski definition) is 3. The average Bonchev–Trinajstić information content (AvgIpc) is 2.94. The van der Waals surface area contributed by atoms with Crippen LogP contribution in [0, 0.1) is 0 Å². The Bertz CT molecular complexity index is 725. The molecule has 2 N–H and O–H groups in total. The standard InChI is InChI=1S/C17H23BrN6.HI/c1-19-16(20-10-15-22-12-23-24(15)2)21-11-17(7-4-8-17)13-5-3-6-14(18)9-13;/h3,5-6,9,12H,4,7-8,10-11H2,1-2H3,(H2,19,20,21);1H. The predicted molar refractivity (Wildman–Crippen MR) is 114 cm³/mol. The highest BCUT2D eigenvalue weighted by Gasteiger charge is 2.38. The number of halogens is 2. The van der Waals surface area contributed by atoms with Crippen LogP contribution in [0.1, 0.15) is 30.7 Å². The van der Waals surface area contributed by atoms with Crippen LogP contribution in [0.25, 0.3) is 0 Å². The van der Waals surface area contributed by atoms with Gasteiger partial charge in [0.2, 0.25) is 0 Å². The number of rotatable bonds is 5. The second-order valence-corrected chi connectivity index (χ2v) is 7.14. The molecule has 0 spiro atoms. The van der Waals surface area contributed by atoms with Gasteiger partial charge in [-0.3, -0.25) is 9.67 Å². The molecule has 0 atom stereocenters. The number of aliphatic imine (C=N–C) groups is 1. The van der Waals surface area contributed by atoms with Gasteiger partial charge in [0.15, 0.2) is 5.96 Å². The Labute approximate surface area is 174 Å². The molecule has 0 amide bonds. The molecule has 8 heteroatoms. The van der Waals surface area contributed by atoms with Gasteiger partial charge in [-0.15, -0.1) is 24.0 Å². The Balaban J connectivity index is 0.00000225. The number of hydrogen-bond donors (Lipinski definition) is 2. The first-order valence-corrected chi connectivity index (χ1v) is 8.96. The van der Waals surface area contributed by atoms with E-state index in [9.17, 15) is 0 Å². The highest BCUT2D eigenvalue weighted by molar-refractivity contribution is 14.0. The quantitative estimate of drug-likeness (QED) is 0.363. The fourth-order valence-corrected chi connectivity index (χ4v) is 3.51. The third-order valence-electron chi connectivity index (χ3n) is 4.78. The van der Waals surface area contributed by atoms with Crippen molar-refractivity contribution in [3.63, 3.8) is 0 Å². The second-order valence-electron chi connectivity index (χ2n) is 6.22. The molecule has 3 rings (SSSR count). The predicted octanol–water partition coefficient (Wildman–Crippen LogP) is 2.98. The van der Waals surface area contributed by atoms with Gasteiger partial charge >= 0.3 is 0 Å². The highest BCUT2D eigenvalue weighted by Crippen LogP contribution is 2.43. The summed E-state index contributed by atoms with van der Waals surface area (Å²) in [6.45, 7) is 1.47. The monoisotopic (exact) mass is 518 g/mol. The van der Waals surface area contributed by atoms with E-state index in [0.717, 1.165) is 22.8 Å². The molecule has 6 nitrogen and oxygen atoms in total. The second kappa shape index (κ2) is 8.98. The summed E-state index contributed by atoms with van der Waals surface area (Å²) in [4.78, 5) is 8.53. The van der Waals surface area contributed by atoms with Gasteiger partial charge in [-0.2, -0.15) is 5.10 Å². The Morgan fingerprint density at radius 3 is 2.72 bits per heavy atom. The van der Waals surface area contributed by atoms with Crippen molar-refractivity contribution in [3.05, 3.63) is 46.5 Å². The Morgan fingerprint density at radius 1 is 1.36 bits per heavy atom. The molecule has 1 aromatic heterocycles. The molecule has 1 saturated carbocycles. The Kier molecular flexibility index (Phi) is 7.24. The summed E-state index contributed by atoms with van der Waals surface area (Å²) in [5.41, 5.74) is 1.59. The van der Waals surface area contributed by atoms with Crippen molar-refractivity contribution in [1.29, 1.82) is 0 Å². The molecule has 1 fully saturated rings. The zero-order valence-electron chi connectivity index (χ0n) is 14.5. The van der Waals surface area contributed by atoms with Gasteiger partial charge in [-0.1, -0.05) is 34.5 Å². The number of nitrogens with one attached hydrogen (secondary N) is 2. The van der Waals surface area contributed by atoms with Crippen molar-refractivity contribution in [2.45, 2.75) is 31.2 Å². The summed E-state index contributed by atoms with van der Waals surface area (Å²) in [7, 11) is 3.68. The van der Waals surface area contributed by atoms with E-state index in [1.54, 1.807) is 18.1 Å². The molecule has 2 aromatic rings. The number of guanidine groups is 1. The summed E-state index contributed by atoms with van der Waals surface area (Å²) < 4.78 is 2.89. The molecule has 0 aliphatic heterocycles. The first kappa shape index (κ1) is 20.2. The molecule has 1 aliphatic carbocycles. The molecule has 25 heavy (non-hydrogen) atoms. The largest absolute Gasteiger partial charge is 0.356 e. The minimum Gasteiger partial charge on any atom is -0.356 e. The molecule has 0 bridgehead atoms. The fraction of sp³-hybridized carbons (Fsp3) is 0.471. The molecule has 1 heterocycles. The number of aromatic nitrogens is 3. The average molecular weight is 519 g/mol. The SMILES string of the molecule is CN=C(NCc1ncnn1C)NCC1(c2cccc(Br)c2)CCC1.I. The maximum absolute atomic E-state index is 4.32. The summed E-state index contributed by atoms with van der Waals surface area (Å²) >= 11 is 3.58. The van der Waals surface area contributed by atoms with E-state index in [1.807, 2.05) is 7.05 Å². The van der Waals surface area contributed by atoms with E-state index < -0.39 is 0 Å². The van der Waals surface area contributed by atoms with E-state index >= 15 is 0 Å². The zero-order chi connectivity index (χ0) is 17.0. The molecular weight excluding hydrogens is 495 g/mol. The van der Waals surface area contributed by atoms with Gasteiger partial charge < -0.3 is 10.6 Å². The first-order valence-electron chi connectivity index (χ1n) is 8.16. The highest BCUT2D eigenvalue weighted by atomic mass is 127. The first-order chi connectivity index (χ1) is 11.6. The van der Waals surface area contributed by atoms with Crippen LogP contribution >= 0.6 is 39.9 Å². The maximum Gasteiger partial charge on any atom is 0.191 e. The normalized spacial score (nSPS) is 15.9. The van der Waals surface area contributed by atoms with Gasteiger partial charge in [-0.05, 0) is 30.5 Å². The summed E-state index contributed by atoms with van der Waals surface area (Å²) in [6.07, 6.45) is 5.25. The smallest absolute Gasteiger partial charge is 0.191 e. The molecule has 0 unspecified atom stereocenters. The van der Waals surface area contributed by atoms with Crippen LogP contribution in [-0.4, -0.2) is 34.3 Å². The minimum absolute atomic E-state index is 0. The lowest BCUT2D eigenvalue weighted by Gasteiger charge is -2.43. The zero-order valence-corrected chi connectivity index (χ0v) is 18.4. The van der Waals surface area contributed by atoms with E-state index in [2.05, 4.69) is 65.9 Å². The van der Waals surface area contributed by atoms with Crippen molar-refractivity contribution in [2.24, 2.45) is 12.0 Å².